The highest BCUT2D eigenvalue weighted by Crippen LogP contribution is 2.28. The van der Waals surface area contributed by atoms with E-state index in [2.05, 4.69) is 24.0 Å². The van der Waals surface area contributed by atoms with Gasteiger partial charge in [-0.3, -0.25) is 0 Å². The van der Waals surface area contributed by atoms with Crippen LogP contribution in [0.4, 0.5) is 5.69 Å². The smallest absolute Gasteiger partial charge is 0.252 e. The average Bonchev–Trinajstić information content (AvgIpc) is 3.05. The van der Waals surface area contributed by atoms with Gasteiger partial charge >= 0.3 is 0 Å². The largest absolute Gasteiger partial charge is 0.366 e. The summed E-state index contributed by atoms with van der Waals surface area (Å²) in [5.41, 5.74) is 1.15. The maximum absolute atomic E-state index is 12.8. The number of aryl methyl sites for hydroxylation is 1. The molecule has 4 nitrogen and oxygen atoms in total. The summed E-state index contributed by atoms with van der Waals surface area (Å²) in [5, 5.41) is 0. The van der Waals surface area contributed by atoms with Crippen LogP contribution in [0, 0.1) is 0 Å². The summed E-state index contributed by atoms with van der Waals surface area (Å²) in [6, 6.07) is 14.0. The molecule has 0 amide bonds. The third-order valence-electron chi connectivity index (χ3n) is 4.26. The Hall–Kier alpha value is -1.37. The Labute approximate surface area is 142 Å². The van der Waals surface area contributed by atoms with Gasteiger partial charge in [0.25, 0.3) is 10.0 Å². The van der Waals surface area contributed by atoms with E-state index < -0.39 is 10.0 Å². The molecule has 0 saturated carbocycles. The lowest BCUT2D eigenvalue weighted by Gasteiger charge is -2.40. The molecule has 0 N–H and O–H groups in total. The standard InChI is InChI=1S/C17H22N2O2S2/c1-3-16-9-10-17(22-16)23(20,21)18-11-12-19(14(2)13-18)15-7-5-4-6-8-15/h4-10,14H,3,11-13H2,1-2H3. The van der Waals surface area contributed by atoms with Crippen LogP contribution in [-0.4, -0.2) is 38.4 Å². The number of benzene rings is 1. The van der Waals surface area contributed by atoms with Crippen LogP contribution in [0.5, 0.6) is 0 Å². The molecule has 124 valence electrons. The first-order chi connectivity index (χ1) is 11.0. The van der Waals surface area contributed by atoms with E-state index in [9.17, 15) is 8.42 Å². The summed E-state index contributed by atoms with van der Waals surface area (Å²) < 4.78 is 27.7. The number of thiophene rings is 1. The number of para-hydroxylation sites is 1. The number of sulfonamides is 1. The molecule has 2 aromatic rings. The first-order valence-corrected chi connectivity index (χ1v) is 10.2. The van der Waals surface area contributed by atoms with Gasteiger partial charge in [0.2, 0.25) is 0 Å². The van der Waals surface area contributed by atoms with E-state index in [1.807, 2.05) is 31.2 Å². The van der Waals surface area contributed by atoms with Gasteiger partial charge in [-0.15, -0.1) is 11.3 Å². The van der Waals surface area contributed by atoms with E-state index in [4.69, 9.17) is 0 Å². The highest BCUT2D eigenvalue weighted by molar-refractivity contribution is 7.91. The number of piperazine rings is 1. The fourth-order valence-corrected chi connectivity index (χ4v) is 5.92. The van der Waals surface area contributed by atoms with Crippen molar-refractivity contribution in [3.63, 3.8) is 0 Å². The van der Waals surface area contributed by atoms with Crippen LogP contribution in [0.3, 0.4) is 0 Å². The number of anilines is 1. The van der Waals surface area contributed by atoms with E-state index >= 15 is 0 Å². The van der Waals surface area contributed by atoms with Crippen molar-refractivity contribution in [2.45, 2.75) is 30.5 Å². The van der Waals surface area contributed by atoms with Gasteiger partial charge in [0.15, 0.2) is 0 Å². The Morgan fingerprint density at radius 1 is 1.13 bits per heavy atom. The Balaban J connectivity index is 1.77. The zero-order valence-corrected chi connectivity index (χ0v) is 15.1. The number of nitrogens with zero attached hydrogens (tertiary/aromatic N) is 2. The van der Waals surface area contributed by atoms with Crippen LogP contribution in [0.2, 0.25) is 0 Å². The van der Waals surface area contributed by atoms with Crippen molar-refractivity contribution in [2.75, 3.05) is 24.5 Å². The molecule has 23 heavy (non-hydrogen) atoms. The Morgan fingerprint density at radius 3 is 2.48 bits per heavy atom. The SMILES string of the molecule is CCc1ccc(S(=O)(=O)N2CCN(c3ccccc3)C(C)C2)s1. The molecule has 1 atom stereocenters. The second-order valence-electron chi connectivity index (χ2n) is 5.82. The minimum absolute atomic E-state index is 0.159. The van der Waals surface area contributed by atoms with Crippen molar-refractivity contribution < 1.29 is 8.42 Å². The van der Waals surface area contributed by atoms with Gasteiger partial charge in [-0.05, 0) is 37.6 Å². The van der Waals surface area contributed by atoms with E-state index in [-0.39, 0.29) is 6.04 Å². The zero-order valence-electron chi connectivity index (χ0n) is 13.5. The molecule has 0 bridgehead atoms. The van der Waals surface area contributed by atoms with E-state index in [0.29, 0.717) is 17.3 Å². The summed E-state index contributed by atoms with van der Waals surface area (Å²) in [4.78, 5) is 3.39. The van der Waals surface area contributed by atoms with Crippen molar-refractivity contribution >= 4 is 27.0 Å². The molecule has 1 fully saturated rings. The zero-order chi connectivity index (χ0) is 16.4. The monoisotopic (exact) mass is 350 g/mol. The van der Waals surface area contributed by atoms with Crippen molar-refractivity contribution in [2.24, 2.45) is 0 Å². The van der Waals surface area contributed by atoms with Crippen molar-refractivity contribution in [1.29, 1.82) is 0 Å². The maximum Gasteiger partial charge on any atom is 0.252 e. The van der Waals surface area contributed by atoms with Crippen LogP contribution in [-0.2, 0) is 16.4 Å². The summed E-state index contributed by atoms with van der Waals surface area (Å²) in [5.74, 6) is 0. The molecule has 2 heterocycles. The first-order valence-electron chi connectivity index (χ1n) is 7.93. The van der Waals surface area contributed by atoms with Crippen LogP contribution in [0.15, 0.2) is 46.7 Å². The van der Waals surface area contributed by atoms with Gasteiger partial charge in [-0.1, -0.05) is 25.1 Å². The predicted molar refractivity (Wildman–Crippen MR) is 95.7 cm³/mol. The Morgan fingerprint density at radius 2 is 1.87 bits per heavy atom. The minimum atomic E-state index is -3.36. The van der Waals surface area contributed by atoms with E-state index in [1.54, 1.807) is 10.4 Å². The van der Waals surface area contributed by atoms with E-state index in [1.165, 1.54) is 11.3 Å². The molecule has 6 heteroatoms. The van der Waals surface area contributed by atoms with Crippen molar-refractivity contribution in [3.05, 3.63) is 47.3 Å². The summed E-state index contributed by atoms with van der Waals surface area (Å²) in [7, 11) is -3.36. The predicted octanol–water partition coefficient (Wildman–Crippen LogP) is 3.21. The second kappa shape index (κ2) is 6.63. The molecule has 1 unspecified atom stereocenters. The molecule has 0 aliphatic carbocycles. The number of rotatable bonds is 4. The molecule has 0 spiro atoms. The van der Waals surface area contributed by atoms with Crippen LogP contribution < -0.4 is 4.90 Å². The molecular formula is C17H22N2O2S2. The Kier molecular flexibility index (Phi) is 4.75. The lowest BCUT2D eigenvalue weighted by Crippen LogP contribution is -2.53. The molecule has 1 aliphatic heterocycles. The summed E-state index contributed by atoms with van der Waals surface area (Å²) in [6.45, 7) is 5.90. The lowest BCUT2D eigenvalue weighted by atomic mass is 10.2. The molecule has 1 aliphatic rings. The average molecular weight is 351 g/mol. The fourth-order valence-electron chi connectivity index (χ4n) is 2.96. The normalized spacial score (nSPS) is 19.9. The topological polar surface area (TPSA) is 40.6 Å². The van der Waals surface area contributed by atoms with Gasteiger partial charge in [-0.2, -0.15) is 4.31 Å². The Bertz CT molecular complexity index is 756. The van der Waals surface area contributed by atoms with Gasteiger partial charge in [0, 0.05) is 36.2 Å². The number of hydrogen-bond donors (Lipinski definition) is 0. The second-order valence-corrected chi connectivity index (χ2v) is 9.15. The van der Waals surface area contributed by atoms with Crippen molar-refractivity contribution in [3.8, 4) is 0 Å². The molecule has 0 radical (unpaired) electrons. The van der Waals surface area contributed by atoms with Gasteiger partial charge in [-0.25, -0.2) is 8.42 Å². The molecular weight excluding hydrogens is 328 g/mol. The third-order valence-corrected chi connectivity index (χ3v) is 7.82. The summed E-state index contributed by atoms with van der Waals surface area (Å²) >= 11 is 1.39. The fraction of sp³-hybridized carbons (Fsp3) is 0.412. The maximum atomic E-state index is 12.8. The highest BCUT2D eigenvalue weighted by atomic mass is 32.2. The van der Waals surface area contributed by atoms with Gasteiger partial charge in [0.05, 0.1) is 0 Å². The van der Waals surface area contributed by atoms with Crippen LogP contribution in [0.1, 0.15) is 18.7 Å². The third kappa shape index (κ3) is 3.29. The van der Waals surface area contributed by atoms with Crippen LogP contribution >= 0.6 is 11.3 Å². The first kappa shape index (κ1) is 16.5. The molecule has 1 aromatic heterocycles. The van der Waals surface area contributed by atoms with Gasteiger partial charge in [0.1, 0.15) is 4.21 Å². The van der Waals surface area contributed by atoms with E-state index in [0.717, 1.165) is 23.5 Å². The molecule has 1 aromatic carbocycles. The molecule has 1 saturated heterocycles. The highest BCUT2D eigenvalue weighted by Gasteiger charge is 2.33. The van der Waals surface area contributed by atoms with Crippen molar-refractivity contribution in [1.82, 2.24) is 4.31 Å². The quantitative estimate of drug-likeness (QED) is 0.850. The van der Waals surface area contributed by atoms with Crippen LogP contribution in [0.25, 0.3) is 0 Å². The minimum Gasteiger partial charge on any atom is -0.366 e. The lowest BCUT2D eigenvalue weighted by molar-refractivity contribution is 0.343. The van der Waals surface area contributed by atoms with Gasteiger partial charge < -0.3 is 4.90 Å². The number of hydrogen-bond acceptors (Lipinski definition) is 4. The molecule has 3 rings (SSSR count). The summed E-state index contributed by atoms with van der Waals surface area (Å²) in [6.07, 6.45) is 0.873.